The first-order chi connectivity index (χ1) is 11.2. The Labute approximate surface area is 140 Å². The summed E-state index contributed by atoms with van der Waals surface area (Å²) in [7, 11) is 0. The molecule has 3 aromatic heterocycles. The summed E-state index contributed by atoms with van der Waals surface area (Å²) in [5.41, 5.74) is 2.21. The molecule has 0 saturated heterocycles. The van der Waals surface area contributed by atoms with Gasteiger partial charge in [-0.3, -0.25) is 14.2 Å². The van der Waals surface area contributed by atoms with Gasteiger partial charge in [0.2, 0.25) is 0 Å². The average Bonchev–Trinajstić information content (AvgIpc) is 3.19. The van der Waals surface area contributed by atoms with Crippen molar-refractivity contribution >= 4 is 45.0 Å². The van der Waals surface area contributed by atoms with Crippen molar-refractivity contribution in [1.29, 1.82) is 0 Å². The van der Waals surface area contributed by atoms with Gasteiger partial charge in [-0.1, -0.05) is 13.0 Å². The normalized spacial score (nSPS) is 11.3. The first kappa shape index (κ1) is 15.6. The molecule has 0 spiro atoms. The zero-order valence-corrected chi connectivity index (χ0v) is 14.0. The van der Waals surface area contributed by atoms with Crippen LogP contribution < -0.4 is 11.0 Å². The van der Waals surface area contributed by atoms with Gasteiger partial charge < -0.3 is 0 Å². The number of nitrogens with one attached hydrogen (secondary N) is 1. The minimum atomic E-state index is -0.369. The van der Waals surface area contributed by atoms with Crippen molar-refractivity contribution in [3.8, 4) is 0 Å². The lowest BCUT2D eigenvalue weighted by Gasteiger charge is -2.03. The topological polar surface area (TPSA) is 76.3 Å². The second-order valence-electron chi connectivity index (χ2n) is 4.77. The van der Waals surface area contributed by atoms with Gasteiger partial charge in [-0.15, -0.1) is 22.7 Å². The molecule has 0 fully saturated rings. The van der Waals surface area contributed by atoms with E-state index in [2.05, 4.69) is 15.5 Å². The minimum absolute atomic E-state index is 0.110. The number of carbonyl (C=O) groups excluding carboxylic acids is 1. The van der Waals surface area contributed by atoms with E-state index in [9.17, 15) is 9.59 Å². The lowest BCUT2D eigenvalue weighted by Crippen LogP contribution is -2.29. The summed E-state index contributed by atoms with van der Waals surface area (Å²) in [6.45, 7) is 1.92. The zero-order valence-electron chi connectivity index (χ0n) is 12.4. The third-order valence-electron chi connectivity index (χ3n) is 3.16. The lowest BCUT2D eigenvalue weighted by atomic mass is 10.3. The zero-order chi connectivity index (χ0) is 16.2. The largest absolute Gasteiger partial charge is 0.289 e. The highest BCUT2D eigenvalue weighted by atomic mass is 32.1. The third-order valence-corrected chi connectivity index (χ3v) is 5.15. The van der Waals surface area contributed by atoms with E-state index in [4.69, 9.17) is 0 Å². The Kier molecular flexibility index (Phi) is 4.63. The number of fused-ring (bicyclic) bond motifs is 1. The molecule has 3 heterocycles. The SMILES string of the molecule is CCc1cc2c(=O)n(CC(=O)N/N=C\c3cccs3)cnc2s1. The summed E-state index contributed by atoms with van der Waals surface area (Å²) < 4.78 is 1.30. The van der Waals surface area contributed by atoms with Crippen molar-refractivity contribution in [2.24, 2.45) is 5.10 Å². The van der Waals surface area contributed by atoms with Crippen molar-refractivity contribution < 1.29 is 4.79 Å². The fraction of sp³-hybridized carbons (Fsp3) is 0.200. The van der Waals surface area contributed by atoms with Crippen LogP contribution in [0.25, 0.3) is 10.2 Å². The van der Waals surface area contributed by atoms with Crippen molar-refractivity contribution in [2.45, 2.75) is 19.9 Å². The van der Waals surface area contributed by atoms with Crippen LogP contribution in [0.15, 0.2) is 39.8 Å². The average molecular weight is 346 g/mol. The molecule has 0 aliphatic carbocycles. The molecule has 0 radical (unpaired) electrons. The van der Waals surface area contributed by atoms with Gasteiger partial charge >= 0.3 is 0 Å². The van der Waals surface area contributed by atoms with Crippen LogP contribution >= 0.6 is 22.7 Å². The molecule has 3 rings (SSSR count). The molecule has 0 unspecified atom stereocenters. The molecule has 1 N–H and O–H groups in total. The van der Waals surface area contributed by atoms with Gasteiger partial charge in [-0.05, 0) is 23.9 Å². The number of thiophene rings is 2. The molecule has 1 amide bonds. The summed E-state index contributed by atoms with van der Waals surface area (Å²) in [4.78, 5) is 31.3. The van der Waals surface area contributed by atoms with Crippen molar-refractivity contribution in [3.05, 3.63) is 50.0 Å². The number of hydrogen-bond acceptors (Lipinski definition) is 6. The van der Waals surface area contributed by atoms with Gasteiger partial charge in [0.15, 0.2) is 0 Å². The smallest absolute Gasteiger partial charge is 0.262 e. The number of aromatic nitrogens is 2. The highest BCUT2D eigenvalue weighted by Crippen LogP contribution is 2.20. The molecule has 0 aromatic carbocycles. The van der Waals surface area contributed by atoms with Crippen LogP contribution in [0.2, 0.25) is 0 Å². The first-order valence-corrected chi connectivity index (χ1v) is 8.70. The van der Waals surface area contributed by atoms with E-state index in [0.29, 0.717) is 10.2 Å². The van der Waals surface area contributed by atoms with Crippen LogP contribution in [-0.2, 0) is 17.8 Å². The van der Waals surface area contributed by atoms with E-state index in [1.807, 2.05) is 30.5 Å². The van der Waals surface area contributed by atoms with Crippen molar-refractivity contribution in [1.82, 2.24) is 15.0 Å². The van der Waals surface area contributed by atoms with Gasteiger partial charge in [0.25, 0.3) is 11.5 Å². The van der Waals surface area contributed by atoms with E-state index in [1.165, 1.54) is 33.6 Å². The fourth-order valence-electron chi connectivity index (χ4n) is 2.02. The van der Waals surface area contributed by atoms with Crippen LogP contribution in [0.3, 0.4) is 0 Å². The molecular formula is C15H14N4O2S2. The van der Waals surface area contributed by atoms with Gasteiger partial charge in [0.1, 0.15) is 11.4 Å². The van der Waals surface area contributed by atoms with E-state index in [0.717, 1.165) is 16.2 Å². The molecule has 23 heavy (non-hydrogen) atoms. The Morgan fingerprint density at radius 2 is 2.39 bits per heavy atom. The molecule has 3 aromatic rings. The van der Waals surface area contributed by atoms with E-state index >= 15 is 0 Å². The van der Waals surface area contributed by atoms with Gasteiger partial charge in [-0.25, -0.2) is 10.4 Å². The third kappa shape index (κ3) is 3.54. The monoisotopic (exact) mass is 346 g/mol. The number of aryl methyl sites for hydroxylation is 1. The highest BCUT2D eigenvalue weighted by Gasteiger charge is 2.10. The fourth-order valence-corrected chi connectivity index (χ4v) is 3.53. The van der Waals surface area contributed by atoms with Crippen molar-refractivity contribution in [3.63, 3.8) is 0 Å². The quantitative estimate of drug-likeness (QED) is 0.568. The number of carbonyl (C=O) groups is 1. The molecule has 8 heteroatoms. The number of amides is 1. The second kappa shape index (κ2) is 6.84. The minimum Gasteiger partial charge on any atom is -0.289 e. The summed E-state index contributed by atoms with van der Waals surface area (Å²) in [6, 6.07) is 5.64. The van der Waals surface area contributed by atoms with Crippen LogP contribution in [0, 0.1) is 0 Å². The van der Waals surface area contributed by atoms with Crippen LogP contribution in [0.5, 0.6) is 0 Å². The highest BCUT2D eigenvalue weighted by molar-refractivity contribution is 7.18. The summed E-state index contributed by atoms with van der Waals surface area (Å²) in [5.74, 6) is -0.369. The predicted molar refractivity (Wildman–Crippen MR) is 93.3 cm³/mol. The van der Waals surface area contributed by atoms with E-state index in [1.54, 1.807) is 6.21 Å². The van der Waals surface area contributed by atoms with Gasteiger partial charge in [0, 0.05) is 9.75 Å². The van der Waals surface area contributed by atoms with Crippen LogP contribution in [0.1, 0.15) is 16.7 Å². The Hall–Kier alpha value is -2.32. The van der Waals surface area contributed by atoms with Crippen LogP contribution in [-0.4, -0.2) is 21.7 Å². The van der Waals surface area contributed by atoms with Crippen molar-refractivity contribution in [2.75, 3.05) is 0 Å². The van der Waals surface area contributed by atoms with Crippen LogP contribution in [0.4, 0.5) is 0 Å². The standard InChI is InChI=1S/C15H14N4O2S2/c1-2-10-6-12-14(23-10)16-9-19(15(12)21)8-13(20)18-17-7-11-4-3-5-22-11/h3-7,9H,2,8H2,1H3,(H,18,20)/b17-7-. The Bertz CT molecular complexity index is 909. The Morgan fingerprint density at radius 3 is 3.13 bits per heavy atom. The number of hydrogen-bond donors (Lipinski definition) is 1. The molecule has 0 atom stereocenters. The number of nitrogens with zero attached hydrogens (tertiary/aromatic N) is 3. The predicted octanol–water partition coefficient (Wildman–Crippen LogP) is 2.23. The maximum Gasteiger partial charge on any atom is 0.262 e. The lowest BCUT2D eigenvalue weighted by molar-refractivity contribution is -0.121. The summed E-state index contributed by atoms with van der Waals surface area (Å²) in [6.07, 6.45) is 3.83. The van der Waals surface area contributed by atoms with E-state index in [-0.39, 0.29) is 18.0 Å². The summed E-state index contributed by atoms with van der Waals surface area (Å²) in [5, 5.41) is 6.36. The molecular weight excluding hydrogens is 332 g/mol. The maximum atomic E-state index is 12.4. The molecule has 6 nitrogen and oxygen atoms in total. The van der Waals surface area contributed by atoms with Gasteiger partial charge in [-0.2, -0.15) is 5.10 Å². The number of rotatable bonds is 5. The molecule has 0 aliphatic heterocycles. The molecule has 0 bridgehead atoms. The first-order valence-electron chi connectivity index (χ1n) is 7.00. The number of hydrazone groups is 1. The Morgan fingerprint density at radius 1 is 1.52 bits per heavy atom. The molecule has 0 aliphatic rings. The Balaban J connectivity index is 1.72. The summed E-state index contributed by atoms with van der Waals surface area (Å²) >= 11 is 3.03. The van der Waals surface area contributed by atoms with Gasteiger partial charge in [0.05, 0.1) is 17.9 Å². The second-order valence-corrected chi connectivity index (χ2v) is 6.87. The molecule has 118 valence electrons. The maximum absolute atomic E-state index is 12.4. The molecule has 0 saturated carbocycles. The van der Waals surface area contributed by atoms with E-state index < -0.39 is 0 Å².